The largest absolute Gasteiger partial charge is 0.493 e. The van der Waals surface area contributed by atoms with E-state index in [1.807, 2.05) is 11.8 Å². The Hall–Kier alpha value is -0.680. The summed E-state index contributed by atoms with van der Waals surface area (Å²) in [7, 11) is 0. The molecule has 3 rings (SSSR count). The third kappa shape index (κ3) is 2.98. The van der Waals surface area contributed by atoms with Crippen molar-refractivity contribution >= 4 is 32.9 Å². The lowest BCUT2D eigenvalue weighted by Gasteiger charge is -2.28. The summed E-state index contributed by atoms with van der Waals surface area (Å²) >= 11 is 5.39. The number of ether oxygens (including phenoxy) is 1. The van der Waals surface area contributed by atoms with Crippen LogP contribution in [0.1, 0.15) is 25.0 Å². The first-order valence-corrected chi connectivity index (χ1v) is 8.79. The van der Waals surface area contributed by atoms with Crippen LogP contribution in [0.5, 0.6) is 5.75 Å². The van der Waals surface area contributed by atoms with Crippen LogP contribution in [0.2, 0.25) is 0 Å². The second-order valence-corrected chi connectivity index (χ2v) is 7.42. The minimum atomic E-state index is 0.500. The third-order valence-corrected chi connectivity index (χ3v) is 5.58. The normalized spacial score (nSPS) is 27.1. The number of hydrogen-bond donors (Lipinski definition) is 1. The lowest BCUT2D eigenvalue weighted by molar-refractivity contribution is 0.353. The number of rotatable bonds is 2. The predicted molar refractivity (Wildman–Crippen MR) is 88.7 cm³/mol. The minimum absolute atomic E-state index is 0.500. The number of hydrogen-bond acceptors (Lipinski definition) is 3. The summed E-state index contributed by atoms with van der Waals surface area (Å²) < 4.78 is 6.86. The van der Waals surface area contributed by atoms with E-state index in [4.69, 9.17) is 9.73 Å². The summed E-state index contributed by atoms with van der Waals surface area (Å²) in [5.74, 6) is 2.87. The molecule has 1 fully saturated rings. The number of amidine groups is 1. The van der Waals surface area contributed by atoms with Gasteiger partial charge in [0.1, 0.15) is 5.75 Å². The van der Waals surface area contributed by atoms with Crippen LogP contribution in [-0.4, -0.2) is 23.6 Å². The molecular formula is C15H19BrN2OS. The summed E-state index contributed by atoms with van der Waals surface area (Å²) in [4.78, 5) is 4.72. The molecule has 0 bridgehead atoms. The molecule has 0 amide bonds. The van der Waals surface area contributed by atoms with Crippen LogP contribution in [0.15, 0.2) is 21.6 Å². The molecule has 2 aliphatic heterocycles. The molecule has 1 aromatic carbocycles. The zero-order valence-electron chi connectivity index (χ0n) is 11.8. The van der Waals surface area contributed by atoms with Crippen LogP contribution < -0.4 is 10.1 Å². The number of nitrogens with one attached hydrogen (secondary N) is 1. The second-order valence-electron chi connectivity index (χ2n) is 5.49. The molecule has 0 aliphatic carbocycles. The monoisotopic (exact) mass is 354 g/mol. The third-order valence-electron chi connectivity index (χ3n) is 3.91. The van der Waals surface area contributed by atoms with Crippen LogP contribution in [0.4, 0.5) is 0 Å². The SMILES string of the molecule is CC1CSC(=NCc2cc(Br)cc3c2OCC3)NC1C. The van der Waals surface area contributed by atoms with Crippen molar-refractivity contribution in [3.8, 4) is 5.75 Å². The van der Waals surface area contributed by atoms with E-state index in [0.29, 0.717) is 18.5 Å². The molecule has 1 saturated heterocycles. The number of aliphatic imine (C=N–C) groups is 1. The Morgan fingerprint density at radius 2 is 2.30 bits per heavy atom. The van der Waals surface area contributed by atoms with Crippen molar-refractivity contribution in [3.05, 3.63) is 27.7 Å². The van der Waals surface area contributed by atoms with Crippen LogP contribution in [-0.2, 0) is 13.0 Å². The molecule has 2 atom stereocenters. The molecule has 20 heavy (non-hydrogen) atoms. The topological polar surface area (TPSA) is 33.6 Å². The Bertz CT molecular complexity index is 547. The van der Waals surface area contributed by atoms with Crippen molar-refractivity contribution in [1.29, 1.82) is 0 Å². The highest BCUT2D eigenvalue weighted by atomic mass is 79.9. The Balaban J connectivity index is 1.76. The summed E-state index contributed by atoms with van der Waals surface area (Å²) in [5.41, 5.74) is 2.47. The molecule has 5 heteroatoms. The first-order valence-electron chi connectivity index (χ1n) is 7.01. The molecule has 1 N–H and O–H groups in total. The lowest BCUT2D eigenvalue weighted by Crippen LogP contribution is -2.41. The quantitative estimate of drug-likeness (QED) is 0.880. The zero-order valence-corrected chi connectivity index (χ0v) is 14.2. The highest BCUT2D eigenvalue weighted by molar-refractivity contribution is 9.10. The number of halogens is 1. The molecule has 2 heterocycles. The van der Waals surface area contributed by atoms with E-state index in [-0.39, 0.29) is 0 Å². The van der Waals surface area contributed by atoms with E-state index in [1.54, 1.807) is 0 Å². The van der Waals surface area contributed by atoms with E-state index in [0.717, 1.165) is 34.2 Å². The molecule has 3 nitrogen and oxygen atoms in total. The van der Waals surface area contributed by atoms with Gasteiger partial charge in [-0.3, -0.25) is 4.99 Å². The van der Waals surface area contributed by atoms with Crippen molar-refractivity contribution in [1.82, 2.24) is 5.32 Å². The molecule has 2 unspecified atom stereocenters. The van der Waals surface area contributed by atoms with Gasteiger partial charge in [-0.25, -0.2) is 0 Å². The summed E-state index contributed by atoms with van der Waals surface area (Å²) in [6.07, 6.45) is 1.000. The molecule has 0 radical (unpaired) electrons. The van der Waals surface area contributed by atoms with E-state index < -0.39 is 0 Å². The first kappa shape index (κ1) is 14.3. The van der Waals surface area contributed by atoms with E-state index in [1.165, 1.54) is 11.1 Å². The van der Waals surface area contributed by atoms with Gasteiger partial charge in [-0.1, -0.05) is 34.6 Å². The minimum Gasteiger partial charge on any atom is -0.493 e. The number of nitrogens with zero attached hydrogens (tertiary/aromatic N) is 1. The first-order chi connectivity index (χ1) is 9.63. The van der Waals surface area contributed by atoms with Crippen molar-refractivity contribution in [3.63, 3.8) is 0 Å². The van der Waals surface area contributed by atoms with Crippen LogP contribution >= 0.6 is 27.7 Å². The summed E-state index contributed by atoms with van der Waals surface area (Å²) in [6, 6.07) is 4.77. The van der Waals surface area contributed by atoms with Crippen LogP contribution in [0.3, 0.4) is 0 Å². The Morgan fingerprint density at radius 3 is 3.10 bits per heavy atom. The summed E-state index contributed by atoms with van der Waals surface area (Å²) in [6.45, 7) is 5.96. The summed E-state index contributed by atoms with van der Waals surface area (Å²) in [5, 5.41) is 4.54. The fraction of sp³-hybridized carbons (Fsp3) is 0.533. The van der Waals surface area contributed by atoms with Gasteiger partial charge in [0.25, 0.3) is 0 Å². The van der Waals surface area contributed by atoms with Crippen molar-refractivity contribution in [2.24, 2.45) is 10.9 Å². The highest BCUT2D eigenvalue weighted by Crippen LogP contribution is 2.33. The van der Waals surface area contributed by atoms with Crippen LogP contribution in [0, 0.1) is 5.92 Å². The lowest BCUT2D eigenvalue weighted by atomic mass is 10.1. The number of thioether (sulfide) groups is 1. The van der Waals surface area contributed by atoms with Gasteiger partial charge >= 0.3 is 0 Å². The van der Waals surface area contributed by atoms with Gasteiger partial charge in [0.2, 0.25) is 0 Å². The molecule has 0 saturated carbocycles. The van der Waals surface area contributed by atoms with E-state index in [2.05, 4.69) is 47.2 Å². The molecule has 0 aromatic heterocycles. The average Bonchev–Trinajstić information content (AvgIpc) is 2.88. The van der Waals surface area contributed by atoms with Gasteiger partial charge < -0.3 is 10.1 Å². The van der Waals surface area contributed by atoms with Gasteiger partial charge in [-0.2, -0.15) is 0 Å². The van der Waals surface area contributed by atoms with Crippen molar-refractivity contribution in [2.45, 2.75) is 32.9 Å². The maximum atomic E-state index is 5.75. The number of benzene rings is 1. The average molecular weight is 355 g/mol. The van der Waals surface area contributed by atoms with Gasteiger partial charge in [0.05, 0.1) is 13.2 Å². The predicted octanol–water partition coefficient (Wildman–Crippen LogP) is 3.60. The van der Waals surface area contributed by atoms with Crippen molar-refractivity contribution in [2.75, 3.05) is 12.4 Å². The smallest absolute Gasteiger partial charge is 0.157 e. The van der Waals surface area contributed by atoms with Gasteiger partial charge in [-0.15, -0.1) is 0 Å². The molecule has 0 spiro atoms. The van der Waals surface area contributed by atoms with Crippen molar-refractivity contribution < 1.29 is 4.74 Å². The Morgan fingerprint density at radius 1 is 1.45 bits per heavy atom. The fourth-order valence-corrected chi connectivity index (χ4v) is 4.13. The van der Waals surface area contributed by atoms with Gasteiger partial charge in [0.15, 0.2) is 5.17 Å². The molecule has 2 aliphatic rings. The van der Waals surface area contributed by atoms with Gasteiger partial charge in [0, 0.05) is 28.3 Å². The standard InChI is InChI=1S/C15H19BrN2OS/c1-9-8-20-15(18-10(9)2)17-7-12-6-13(16)5-11-3-4-19-14(11)12/h5-6,9-10H,3-4,7-8H2,1-2H3,(H,17,18). The second kappa shape index (κ2) is 5.98. The van der Waals surface area contributed by atoms with Gasteiger partial charge in [-0.05, 0) is 30.5 Å². The maximum absolute atomic E-state index is 5.75. The van der Waals surface area contributed by atoms with E-state index in [9.17, 15) is 0 Å². The highest BCUT2D eigenvalue weighted by Gasteiger charge is 2.21. The van der Waals surface area contributed by atoms with Crippen LogP contribution in [0.25, 0.3) is 0 Å². The van der Waals surface area contributed by atoms with E-state index >= 15 is 0 Å². The number of fused-ring (bicyclic) bond motifs is 1. The fourth-order valence-electron chi connectivity index (χ4n) is 2.45. The Kier molecular flexibility index (Phi) is 4.26. The molecule has 108 valence electrons. The zero-order chi connectivity index (χ0) is 14.1. The molecular weight excluding hydrogens is 336 g/mol. The maximum Gasteiger partial charge on any atom is 0.157 e. The molecule has 1 aromatic rings. The Labute approximate surface area is 132 Å².